The summed E-state index contributed by atoms with van der Waals surface area (Å²) in [6, 6.07) is -0.246. The van der Waals surface area contributed by atoms with Gasteiger partial charge in [0.1, 0.15) is 13.1 Å². The molecule has 3 amide bonds. The minimum absolute atomic E-state index is 0.0112. The largest absolute Gasteiger partial charge is 0.323 e. The van der Waals surface area contributed by atoms with Crippen LogP contribution in [0, 0.1) is 0 Å². The third kappa shape index (κ3) is 3.29. The normalized spacial score (nSPS) is 26.2. The van der Waals surface area contributed by atoms with Crippen molar-refractivity contribution in [1.82, 2.24) is 15.5 Å². The first-order chi connectivity index (χ1) is 8.66. The summed E-state index contributed by atoms with van der Waals surface area (Å²) in [5.41, 5.74) is 0. The molecule has 2 aliphatic rings. The number of piperazine rings is 1. The highest BCUT2D eigenvalue weighted by Crippen LogP contribution is 2.12. The second-order valence-corrected chi connectivity index (χ2v) is 4.88. The van der Waals surface area contributed by atoms with Gasteiger partial charge in [0.2, 0.25) is 17.7 Å². The van der Waals surface area contributed by atoms with E-state index in [2.05, 4.69) is 10.6 Å². The van der Waals surface area contributed by atoms with Crippen LogP contribution in [0.15, 0.2) is 0 Å². The number of hydrogen-bond acceptors (Lipinski definition) is 4. The molecule has 0 bridgehead atoms. The lowest BCUT2D eigenvalue weighted by atomic mass is 10.0. The molecule has 0 aromatic carbocycles. The van der Waals surface area contributed by atoms with Crippen molar-refractivity contribution in [1.29, 1.82) is 0 Å². The van der Waals surface area contributed by atoms with Gasteiger partial charge in [-0.05, 0) is 19.4 Å². The second kappa shape index (κ2) is 5.95. The molecule has 18 heavy (non-hydrogen) atoms. The maximum absolute atomic E-state index is 12.2. The summed E-state index contributed by atoms with van der Waals surface area (Å²) in [6.07, 6.45) is 5.20. The lowest BCUT2D eigenvalue weighted by molar-refractivity contribution is -0.146. The predicted octanol–water partition coefficient (Wildman–Crippen LogP) is -0.606. The summed E-state index contributed by atoms with van der Waals surface area (Å²) in [5, 5.41) is 5.41. The predicted molar refractivity (Wildman–Crippen MR) is 64.6 cm³/mol. The van der Waals surface area contributed by atoms with Gasteiger partial charge in [-0.15, -0.1) is 0 Å². The first-order valence-electron chi connectivity index (χ1n) is 6.51. The highest BCUT2D eigenvalue weighted by Gasteiger charge is 2.30. The molecule has 0 aromatic heterocycles. The summed E-state index contributed by atoms with van der Waals surface area (Å²) < 4.78 is 0. The van der Waals surface area contributed by atoms with Gasteiger partial charge in [0.15, 0.2) is 0 Å². The maximum Gasteiger partial charge on any atom is 0.246 e. The average molecular weight is 253 g/mol. The van der Waals surface area contributed by atoms with E-state index in [4.69, 9.17) is 0 Å². The van der Waals surface area contributed by atoms with Gasteiger partial charge in [-0.25, -0.2) is 0 Å². The van der Waals surface area contributed by atoms with Crippen molar-refractivity contribution in [2.45, 2.75) is 38.1 Å². The van der Waals surface area contributed by atoms with Gasteiger partial charge in [0.05, 0.1) is 6.04 Å². The van der Waals surface area contributed by atoms with Crippen molar-refractivity contribution in [3.8, 4) is 0 Å². The molecule has 2 rings (SSSR count). The van der Waals surface area contributed by atoms with Gasteiger partial charge in [-0.2, -0.15) is 0 Å². The Morgan fingerprint density at radius 3 is 2.44 bits per heavy atom. The minimum Gasteiger partial charge on any atom is -0.323 e. The van der Waals surface area contributed by atoms with Crippen LogP contribution < -0.4 is 10.6 Å². The highest BCUT2D eigenvalue weighted by atomic mass is 16.2. The summed E-state index contributed by atoms with van der Waals surface area (Å²) in [4.78, 5) is 36.1. The fourth-order valence-electron chi connectivity index (χ4n) is 2.43. The monoisotopic (exact) mass is 253 g/mol. The van der Waals surface area contributed by atoms with Crippen LogP contribution in [0.3, 0.4) is 0 Å². The van der Waals surface area contributed by atoms with Crippen LogP contribution in [-0.4, -0.2) is 48.3 Å². The number of amides is 3. The molecule has 6 heteroatoms. The molecule has 2 N–H and O–H groups in total. The summed E-state index contributed by atoms with van der Waals surface area (Å²) in [7, 11) is 0. The van der Waals surface area contributed by atoms with E-state index in [0.717, 1.165) is 32.2 Å². The fraction of sp³-hybridized carbons (Fsp3) is 0.750. The van der Waals surface area contributed by atoms with Gasteiger partial charge in [0, 0.05) is 0 Å². The zero-order chi connectivity index (χ0) is 13.0. The zero-order valence-electron chi connectivity index (χ0n) is 10.4. The maximum atomic E-state index is 12.2. The molecule has 0 saturated carbocycles. The number of nitrogens with zero attached hydrogens (tertiary/aromatic N) is 1. The Balaban J connectivity index is 1.95. The Kier molecular flexibility index (Phi) is 4.30. The molecule has 2 heterocycles. The van der Waals surface area contributed by atoms with E-state index in [0.29, 0.717) is 0 Å². The molecule has 2 saturated heterocycles. The molecule has 2 aliphatic heterocycles. The number of imide groups is 1. The van der Waals surface area contributed by atoms with Crippen molar-refractivity contribution in [3.05, 3.63) is 0 Å². The number of carbonyl (C=O) groups is 3. The molecule has 6 nitrogen and oxygen atoms in total. The van der Waals surface area contributed by atoms with Crippen LogP contribution in [0.4, 0.5) is 0 Å². The molecule has 1 atom stereocenters. The smallest absolute Gasteiger partial charge is 0.246 e. The first kappa shape index (κ1) is 13.0. The molecular weight excluding hydrogens is 234 g/mol. The molecular formula is C12H19N3O3. The topological polar surface area (TPSA) is 78.5 Å². The third-order valence-corrected chi connectivity index (χ3v) is 3.37. The van der Waals surface area contributed by atoms with Crippen molar-refractivity contribution >= 4 is 17.7 Å². The molecule has 100 valence electrons. The Bertz CT molecular complexity index is 332. The molecule has 2 fully saturated rings. The van der Waals surface area contributed by atoms with Gasteiger partial charge in [-0.1, -0.05) is 19.3 Å². The van der Waals surface area contributed by atoms with Gasteiger partial charge in [-0.3, -0.25) is 19.7 Å². The van der Waals surface area contributed by atoms with Gasteiger partial charge >= 0.3 is 0 Å². The Labute approximate surface area is 106 Å². The molecule has 1 unspecified atom stereocenters. The van der Waals surface area contributed by atoms with E-state index in [9.17, 15) is 14.4 Å². The number of rotatable bonds is 1. The van der Waals surface area contributed by atoms with Crippen molar-refractivity contribution in [2.24, 2.45) is 0 Å². The Morgan fingerprint density at radius 2 is 1.72 bits per heavy atom. The van der Waals surface area contributed by atoms with E-state index >= 15 is 0 Å². The molecule has 0 aliphatic carbocycles. The highest BCUT2D eigenvalue weighted by molar-refractivity contribution is 6.03. The van der Waals surface area contributed by atoms with E-state index in [1.165, 1.54) is 11.3 Å². The van der Waals surface area contributed by atoms with Gasteiger partial charge < -0.3 is 10.2 Å². The number of carbonyl (C=O) groups excluding carboxylic acids is 3. The van der Waals surface area contributed by atoms with Crippen molar-refractivity contribution in [3.63, 3.8) is 0 Å². The number of hydrogen-bond donors (Lipinski definition) is 2. The minimum atomic E-state index is -0.398. The third-order valence-electron chi connectivity index (χ3n) is 3.37. The number of nitrogens with one attached hydrogen (secondary N) is 2. The van der Waals surface area contributed by atoms with E-state index in [1.54, 1.807) is 0 Å². The lowest BCUT2D eigenvalue weighted by Crippen LogP contribution is -2.57. The standard InChI is InChI=1S/C12H19N3O3/c16-10-7-15(8-11(17)14-10)12(18)9-5-3-1-2-4-6-13-9/h9,13H,1-8H2,(H,14,16,17). The zero-order valence-corrected chi connectivity index (χ0v) is 10.4. The van der Waals surface area contributed by atoms with Crippen LogP contribution in [0.25, 0.3) is 0 Å². The SMILES string of the molecule is O=C1CN(C(=O)C2CCCCCCN2)CC(=O)N1. The summed E-state index contributed by atoms with van der Waals surface area (Å²) in [5.74, 6) is -0.920. The quantitative estimate of drug-likeness (QED) is 0.611. The molecule has 0 aromatic rings. The fourth-order valence-corrected chi connectivity index (χ4v) is 2.43. The van der Waals surface area contributed by atoms with Crippen LogP contribution in [0.1, 0.15) is 32.1 Å². The second-order valence-electron chi connectivity index (χ2n) is 4.88. The van der Waals surface area contributed by atoms with Crippen LogP contribution >= 0.6 is 0 Å². The average Bonchev–Trinajstić information content (AvgIpc) is 2.26. The van der Waals surface area contributed by atoms with E-state index < -0.39 is 11.8 Å². The Hall–Kier alpha value is -1.43. The van der Waals surface area contributed by atoms with Crippen LogP contribution in [0.2, 0.25) is 0 Å². The van der Waals surface area contributed by atoms with Crippen molar-refractivity contribution < 1.29 is 14.4 Å². The summed E-state index contributed by atoms with van der Waals surface area (Å²) in [6.45, 7) is 0.801. The van der Waals surface area contributed by atoms with E-state index in [1.807, 2.05) is 0 Å². The lowest BCUT2D eigenvalue weighted by Gasteiger charge is -2.30. The molecule has 0 spiro atoms. The van der Waals surface area contributed by atoms with Crippen LogP contribution in [0.5, 0.6) is 0 Å². The van der Waals surface area contributed by atoms with Crippen molar-refractivity contribution in [2.75, 3.05) is 19.6 Å². The Morgan fingerprint density at radius 1 is 1.06 bits per heavy atom. The van der Waals surface area contributed by atoms with Crippen LogP contribution in [-0.2, 0) is 14.4 Å². The van der Waals surface area contributed by atoms with E-state index in [-0.39, 0.29) is 25.0 Å². The summed E-state index contributed by atoms with van der Waals surface area (Å²) >= 11 is 0. The van der Waals surface area contributed by atoms with Gasteiger partial charge in [0.25, 0.3) is 0 Å². The molecule has 0 radical (unpaired) electrons. The first-order valence-corrected chi connectivity index (χ1v) is 6.51.